The summed E-state index contributed by atoms with van der Waals surface area (Å²) in [5.74, 6) is 2.90. The Kier molecular flexibility index (Phi) is 6.31. The second kappa shape index (κ2) is 8.09. The molecule has 2 heteroatoms. The molecule has 0 aromatic carbocycles. The zero-order valence-electron chi connectivity index (χ0n) is 23.1. The molecule has 0 aromatic rings. The lowest BCUT2D eigenvalue weighted by atomic mass is 9.35. The van der Waals surface area contributed by atoms with Gasteiger partial charge in [0.2, 0.25) is 0 Å². The van der Waals surface area contributed by atoms with Crippen molar-refractivity contribution in [1.29, 1.82) is 0 Å². The second-order valence-corrected chi connectivity index (χ2v) is 14.9. The van der Waals surface area contributed by atoms with E-state index in [-0.39, 0.29) is 11.5 Å². The van der Waals surface area contributed by atoms with Crippen LogP contribution in [0.2, 0.25) is 0 Å². The second-order valence-electron chi connectivity index (χ2n) is 14.9. The van der Waals surface area contributed by atoms with Crippen LogP contribution >= 0.6 is 0 Å². The highest BCUT2D eigenvalue weighted by Crippen LogP contribution is 2.75. The van der Waals surface area contributed by atoms with Gasteiger partial charge in [-0.2, -0.15) is 0 Å². The van der Waals surface area contributed by atoms with E-state index in [0.29, 0.717) is 39.9 Å². The summed E-state index contributed by atoms with van der Waals surface area (Å²) in [5, 5.41) is 22.6. The molecule has 9 atom stereocenters. The zero-order chi connectivity index (χ0) is 24.6. The van der Waals surface area contributed by atoms with Crippen LogP contribution in [0.1, 0.15) is 120 Å². The summed E-state index contributed by atoms with van der Waals surface area (Å²) in [5.41, 5.74) is 1.69. The highest BCUT2D eigenvalue weighted by molar-refractivity contribution is 5.18. The van der Waals surface area contributed by atoms with E-state index in [0.717, 1.165) is 25.2 Å². The molecule has 2 nitrogen and oxygen atoms in total. The topological polar surface area (TPSA) is 40.5 Å². The first-order valence-electron chi connectivity index (χ1n) is 14.2. The first-order valence-corrected chi connectivity index (χ1v) is 14.2. The van der Waals surface area contributed by atoms with Crippen LogP contribution < -0.4 is 0 Å². The van der Waals surface area contributed by atoms with Crippen molar-refractivity contribution in [1.82, 2.24) is 0 Å². The third-order valence-corrected chi connectivity index (χ3v) is 12.9. The van der Waals surface area contributed by atoms with E-state index in [9.17, 15) is 10.2 Å². The fourth-order valence-electron chi connectivity index (χ4n) is 10.4. The van der Waals surface area contributed by atoms with Crippen LogP contribution in [0.25, 0.3) is 0 Å². The number of allylic oxidation sites excluding steroid dienone is 1. The molecule has 0 aromatic heterocycles. The summed E-state index contributed by atoms with van der Waals surface area (Å²) in [6.07, 6.45) is 11.4. The summed E-state index contributed by atoms with van der Waals surface area (Å²) >= 11 is 0. The summed E-state index contributed by atoms with van der Waals surface area (Å²) in [6, 6.07) is 0. The molecule has 4 aliphatic carbocycles. The minimum Gasteiger partial charge on any atom is -0.393 e. The number of hydrogen-bond acceptors (Lipinski definition) is 2. The molecule has 33 heavy (non-hydrogen) atoms. The molecule has 0 radical (unpaired) electrons. The molecule has 4 fully saturated rings. The third-order valence-electron chi connectivity index (χ3n) is 12.9. The molecule has 0 aliphatic heterocycles. The molecule has 0 bridgehead atoms. The quantitative estimate of drug-likeness (QED) is 0.413. The standard InChI is InChI=1S/C31H54O2/c1-20(2)21(3)12-19-31(9,33)23-13-17-29(7)22(23)10-11-25-28(6)16-15-26(32)27(4,5)24(28)14-18-30(25,29)8/h20,22-26,32-33H,3,10-19H2,1-2,4-9H3. The van der Waals surface area contributed by atoms with Crippen LogP contribution in [-0.4, -0.2) is 21.9 Å². The summed E-state index contributed by atoms with van der Waals surface area (Å²) in [7, 11) is 0. The smallest absolute Gasteiger partial charge is 0.0653 e. The van der Waals surface area contributed by atoms with Crippen molar-refractivity contribution in [3.63, 3.8) is 0 Å². The highest BCUT2D eigenvalue weighted by atomic mass is 16.3. The Morgan fingerprint density at radius 3 is 2.18 bits per heavy atom. The first kappa shape index (κ1) is 25.7. The van der Waals surface area contributed by atoms with Crippen molar-refractivity contribution < 1.29 is 10.2 Å². The van der Waals surface area contributed by atoms with Gasteiger partial charge in [0.1, 0.15) is 0 Å². The molecule has 190 valence electrons. The summed E-state index contributed by atoms with van der Waals surface area (Å²) < 4.78 is 0. The van der Waals surface area contributed by atoms with E-state index in [1.807, 2.05) is 0 Å². The number of fused-ring (bicyclic) bond motifs is 5. The van der Waals surface area contributed by atoms with Gasteiger partial charge in [0, 0.05) is 0 Å². The van der Waals surface area contributed by atoms with E-state index in [2.05, 4.69) is 62.0 Å². The van der Waals surface area contributed by atoms with E-state index >= 15 is 0 Å². The van der Waals surface area contributed by atoms with Crippen molar-refractivity contribution in [2.24, 2.45) is 51.2 Å². The number of aliphatic hydroxyl groups excluding tert-OH is 1. The van der Waals surface area contributed by atoms with Crippen LogP contribution in [0, 0.1) is 51.2 Å². The Morgan fingerprint density at radius 1 is 0.909 bits per heavy atom. The van der Waals surface area contributed by atoms with Gasteiger partial charge in [-0.1, -0.05) is 60.6 Å². The largest absolute Gasteiger partial charge is 0.393 e. The lowest BCUT2D eigenvalue weighted by Crippen LogP contribution is -2.64. The van der Waals surface area contributed by atoms with Gasteiger partial charge in [-0.15, -0.1) is 0 Å². The average molecular weight is 459 g/mol. The molecule has 0 saturated heterocycles. The highest BCUT2D eigenvalue weighted by Gasteiger charge is 2.69. The van der Waals surface area contributed by atoms with Crippen molar-refractivity contribution in [3.8, 4) is 0 Å². The maximum absolute atomic E-state index is 11.7. The number of aliphatic hydroxyl groups is 2. The minimum absolute atomic E-state index is 0.0206. The Morgan fingerprint density at radius 2 is 1.55 bits per heavy atom. The SMILES string of the molecule is C=C(CCC(C)(O)C1CCC2(C)C1CCC1C3(C)CCC(O)C(C)(C)C3CCC12C)C(C)C. The van der Waals surface area contributed by atoms with Gasteiger partial charge < -0.3 is 10.2 Å². The van der Waals surface area contributed by atoms with Crippen molar-refractivity contribution in [3.05, 3.63) is 12.2 Å². The molecule has 4 aliphatic rings. The van der Waals surface area contributed by atoms with Crippen LogP contribution in [0.4, 0.5) is 0 Å². The lowest BCUT2D eigenvalue weighted by Gasteiger charge is -2.70. The molecule has 0 amide bonds. The van der Waals surface area contributed by atoms with Gasteiger partial charge in [0.05, 0.1) is 11.7 Å². The molecule has 9 unspecified atom stereocenters. The first-order chi connectivity index (χ1) is 15.1. The molecule has 4 saturated carbocycles. The molecular weight excluding hydrogens is 404 g/mol. The molecule has 4 rings (SSSR count). The summed E-state index contributed by atoms with van der Waals surface area (Å²) in [4.78, 5) is 0. The Bertz CT molecular complexity index is 765. The Balaban J connectivity index is 1.59. The lowest BCUT2D eigenvalue weighted by molar-refractivity contribution is -0.225. The predicted molar refractivity (Wildman–Crippen MR) is 139 cm³/mol. The number of rotatable bonds is 5. The van der Waals surface area contributed by atoms with Crippen LogP contribution in [-0.2, 0) is 0 Å². The zero-order valence-corrected chi connectivity index (χ0v) is 23.1. The molecule has 0 spiro atoms. The van der Waals surface area contributed by atoms with Crippen molar-refractivity contribution in [2.75, 3.05) is 0 Å². The van der Waals surface area contributed by atoms with E-state index in [1.54, 1.807) is 0 Å². The molecule has 0 heterocycles. The molecule has 2 N–H and O–H groups in total. The van der Waals surface area contributed by atoms with Gasteiger partial charge in [-0.25, -0.2) is 0 Å². The Hall–Kier alpha value is -0.340. The van der Waals surface area contributed by atoms with Crippen molar-refractivity contribution in [2.45, 2.75) is 131 Å². The van der Waals surface area contributed by atoms with E-state index in [1.165, 1.54) is 50.5 Å². The Labute approximate surface area is 205 Å². The van der Waals surface area contributed by atoms with Gasteiger partial charge in [0.15, 0.2) is 0 Å². The fourth-order valence-corrected chi connectivity index (χ4v) is 10.4. The minimum atomic E-state index is -0.596. The average Bonchev–Trinajstić information content (AvgIpc) is 3.08. The van der Waals surface area contributed by atoms with Crippen LogP contribution in [0.15, 0.2) is 12.2 Å². The normalized spacial score (nSPS) is 48.5. The predicted octanol–water partition coefficient (Wildman–Crippen LogP) is 7.78. The van der Waals surface area contributed by atoms with E-state index < -0.39 is 5.60 Å². The van der Waals surface area contributed by atoms with Gasteiger partial charge in [-0.05, 0) is 122 Å². The van der Waals surface area contributed by atoms with Gasteiger partial charge in [-0.3, -0.25) is 0 Å². The molecular formula is C31H54O2. The maximum Gasteiger partial charge on any atom is 0.0653 e. The third kappa shape index (κ3) is 3.62. The van der Waals surface area contributed by atoms with Crippen molar-refractivity contribution >= 4 is 0 Å². The van der Waals surface area contributed by atoms with Gasteiger partial charge in [0.25, 0.3) is 0 Å². The summed E-state index contributed by atoms with van der Waals surface area (Å²) in [6.45, 7) is 23.4. The van der Waals surface area contributed by atoms with Gasteiger partial charge >= 0.3 is 0 Å². The maximum atomic E-state index is 11.7. The number of hydrogen-bond donors (Lipinski definition) is 2. The monoisotopic (exact) mass is 458 g/mol. The van der Waals surface area contributed by atoms with E-state index in [4.69, 9.17) is 0 Å². The van der Waals surface area contributed by atoms with Crippen LogP contribution in [0.5, 0.6) is 0 Å². The fraction of sp³-hybridized carbons (Fsp3) is 0.935. The van der Waals surface area contributed by atoms with Crippen LogP contribution in [0.3, 0.4) is 0 Å².